The van der Waals surface area contributed by atoms with Gasteiger partial charge in [0.05, 0.1) is 12.7 Å². The fraction of sp³-hybridized carbons (Fsp3) is 0.364. The van der Waals surface area contributed by atoms with E-state index in [0.29, 0.717) is 12.2 Å². The molecular weight excluding hydrogens is 344 g/mol. The second-order valence-corrected chi connectivity index (χ2v) is 5.57. The Labute approximate surface area is 163 Å². The van der Waals surface area contributed by atoms with Crippen LogP contribution < -0.4 is 0 Å². The SMILES string of the molecule is C=C(C)C(=O)OCC(C)O.C=CC(=O)OCCCC.C=Cc1ccccc1. The van der Waals surface area contributed by atoms with Crippen LogP contribution in [0.25, 0.3) is 6.08 Å². The lowest BCUT2D eigenvalue weighted by Gasteiger charge is -2.04. The number of aliphatic hydroxyl groups excluding tert-OH is 1. The number of esters is 2. The smallest absolute Gasteiger partial charge is 0.333 e. The Hall–Kier alpha value is -2.66. The Balaban J connectivity index is 0. The van der Waals surface area contributed by atoms with Gasteiger partial charge in [-0.3, -0.25) is 0 Å². The van der Waals surface area contributed by atoms with Crippen LogP contribution in [0.4, 0.5) is 0 Å². The molecule has 1 aromatic carbocycles. The van der Waals surface area contributed by atoms with Gasteiger partial charge in [0, 0.05) is 11.6 Å². The number of carbonyl (C=O) groups excluding carboxylic acids is 2. The number of hydrogen-bond donors (Lipinski definition) is 1. The van der Waals surface area contributed by atoms with E-state index < -0.39 is 12.1 Å². The molecule has 150 valence electrons. The summed E-state index contributed by atoms with van der Waals surface area (Å²) in [6.45, 7) is 16.0. The lowest BCUT2D eigenvalue weighted by Crippen LogP contribution is -2.15. The first-order valence-corrected chi connectivity index (χ1v) is 8.75. The molecule has 0 aliphatic heterocycles. The highest BCUT2D eigenvalue weighted by atomic mass is 16.5. The lowest BCUT2D eigenvalue weighted by molar-refractivity contribution is -0.141. The van der Waals surface area contributed by atoms with Crippen molar-refractivity contribution in [3.05, 3.63) is 67.3 Å². The van der Waals surface area contributed by atoms with Crippen molar-refractivity contribution in [2.45, 2.75) is 39.7 Å². The summed E-state index contributed by atoms with van der Waals surface area (Å²) < 4.78 is 9.25. The van der Waals surface area contributed by atoms with E-state index in [4.69, 9.17) is 5.11 Å². The molecule has 0 aliphatic rings. The minimum absolute atomic E-state index is 0.0334. The van der Waals surface area contributed by atoms with Crippen molar-refractivity contribution >= 4 is 18.0 Å². The van der Waals surface area contributed by atoms with Gasteiger partial charge in [-0.25, -0.2) is 9.59 Å². The zero-order valence-corrected chi connectivity index (χ0v) is 16.6. The predicted octanol–water partition coefficient (Wildman–Crippen LogP) is 4.33. The first-order valence-electron chi connectivity index (χ1n) is 8.75. The van der Waals surface area contributed by atoms with Crippen LogP contribution in [0.5, 0.6) is 0 Å². The Bertz CT molecular complexity index is 561. The van der Waals surface area contributed by atoms with E-state index >= 15 is 0 Å². The van der Waals surface area contributed by atoms with Crippen LogP contribution in [0.15, 0.2) is 61.7 Å². The summed E-state index contributed by atoms with van der Waals surface area (Å²) in [6, 6.07) is 10.0. The van der Waals surface area contributed by atoms with Crippen molar-refractivity contribution in [3.8, 4) is 0 Å². The standard InChI is InChI=1S/C8H8.C7H12O3.C7H12O2/c1-2-8-6-4-3-5-7-8;1-5(2)7(9)10-4-6(3)8;1-3-5-6-9-7(8)4-2/h2-7H,1H2;6,8H,1,4H2,2-3H3;4H,2-3,5-6H2,1H3. The van der Waals surface area contributed by atoms with Crippen LogP contribution in [-0.4, -0.2) is 36.4 Å². The number of rotatable bonds is 8. The number of hydrogen-bond acceptors (Lipinski definition) is 5. The fourth-order valence-corrected chi connectivity index (χ4v) is 1.28. The van der Waals surface area contributed by atoms with Crippen molar-refractivity contribution in [3.63, 3.8) is 0 Å². The zero-order chi connectivity index (χ0) is 21.1. The average Bonchev–Trinajstić information content (AvgIpc) is 2.67. The number of aliphatic hydroxyl groups is 1. The van der Waals surface area contributed by atoms with E-state index in [0.717, 1.165) is 12.8 Å². The maximum absolute atomic E-state index is 10.6. The summed E-state index contributed by atoms with van der Waals surface area (Å²) in [5, 5.41) is 8.68. The average molecular weight is 376 g/mol. The predicted molar refractivity (Wildman–Crippen MR) is 110 cm³/mol. The molecule has 1 rings (SSSR count). The third-order valence-electron chi connectivity index (χ3n) is 2.75. The van der Waals surface area contributed by atoms with Crippen LogP contribution in [-0.2, 0) is 19.1 Å². The first-order chi connectivity index (χ1) is 12.8. The highest BCUT2D eigenvalue weighted by Crippen LogP contribution is 1.97. The van der Waals surface area contributed by atoms with E-state index in [2.05, 4.69) is 29.2 Å². The molecule has 0 fully saturated rings. The van der Waals surface area contributed by atoms with Gasteiger partial charge in [-0.1, -0.05) is 69.5 Å². The Morgan fingerprint density at radius 3 is 2.15 bits per heavy atom. The normalized spacial score (nSPS) is 9.93. The summed E-state index contributed by atoms with van der Waals surface area (Å²) in [5.41, 5.74) is 1.52. The van der Waals surface area contributed by atoms with Crippen molar-refractivity contribution in [2.75, 3.05) is 13.2 Å². The molecule has 27 heavy (non-hydrogen) atoms. The number of unbranched alkanes of at least 4 members (excludes halogenated alkanes) is 1. The van der Waals surface area contributed by atoms with Gasteiger partial charge in [-0.05, 0) is 25.8 Å². The van der Waals surface area contributed by atoms with E-state index in [1.54, 1.807) is 13.8 Å². The molecule has 1 aromatic rings. The van der Waals surface area contributed by atoms with E-state index in [1.165, 1.54) is 11.6 Å². The number of benzene rings is 1. The third-order valence-corrected chi connectivity index (χ3v) is 2.75. The minimum atomic E-state index is -0.608. The summed E-state index contributed by atoms with van der Waals surface area (Å²) in [4.78, 5) is 21.0. The molecule has 0 radical (unpaired) electrons. The van der Waals surface area contributed by atoms with Gasteiger partial charge in [0.15, 0.2) is 0 Å². The van der Waals surface area contributed by atoms with E-state index in [1.807, 2.05) is 43.3 Å². The summed E-state index contributed by atoms with van der Waals surface area (Å²) in [7, 11) is 0. The highest BCUT2D eigenvalue weighted by molar-refractivity contribution is 5.86. The molecule has 0 aromatic heterocycles. The third kappa shape index (κ3) is 19.5. The molecule has 0 amide bonds. The van der Waals surface area contributed by atoms with Gasteiger partial charge in [-0.15, -0.1) is 0 Å². The Morgan fingerprint density at radius 2 is 1.78 bits per heavy atom. The molecular formula is C22H32O5. The molecule has 0 aliphatic carbocycles. The molecule has 1 N–H and O–H groups in total. The molecule has 5 heteroatoms. The summed E-state index contributed by atoms with van der Waals surface area (Å²) in [5.74, 6) is -0.788. The lowest BCUT2D eigenvalue weighted by atomic mass is 10.2. The first kappa shape index (κ1) is 26.6. The topological polar surface area (TPSA) is 72.8 Å². The van der Waals surface area contributed by atoms with Gasteiger partial charge in [0.2, 0.25) is 0 Å². The van der Waals surface area contributed by atoms with Crippen molar-refractivity contribution in [2.24, 2.45) is 0 Å². The second-order valence-electron chi connectivity index (χ2n) is 5.57. The number of ether oxygens (including phenoxy) is 2. The van der Waals surface area contributed by atoms with Crippen molar-refractivity contribution < 1.29 is 24.2 Å². The molecule has 0 bridgehead atoms. The van der Waals surface area contributed by atoms with Crippen LogP contribution in [0.1, 0.15) is 39.2 Å². The Morgan fingerprint density at radius 1 is 1.19 bits per heavy atom. The van der Waals surface area contributed by atoms with Gasteiger partial charge in [-0.2, -0.15) is 0 Å². The van der Waals surface area contributed by atoms with Gasteiger partial charge in [0.1, 0.15) is 6.61 Å². The molecule has 5 nitrogen and oxygen atoms in total. The van der Waals surface area contributed by atoms with E-state index in [9.17, 15) is 9.59 Å². The Kier molecular flexibility index (Phi) is 17.9. The summed E-state index contributed by atoms with van der Waals surface area (Å²) >= 11 is 0. The van der Waals surface area contributed by atoms with E-state index in [-0.39, 0.29) is 12.6 Å². The molecule has 0 heterocycles. The van der Waals surface area contributed by atoms with Crippen LogP contribution in [0.2, 0.25) is 0 Å². The monoisotopic (exact) mass is 376 g/mol. The van der Waals surface area contributed by atoms with Crippen LogP contribution in [0.3, 0.4) is 0 Å². The van der Waals surface area contributed by atoms with Gasteiger partial charge >= 0.3 is 11.9 Å². The minimum Gasteiger partial charge on any atom is -0.463 e. The maximum Gasteiger partial charge on any atom is 0.333 e. The second kappa shape index (κ2) is 18.1. The molecule has 1 unspecified atom stereocenters. The highest BCUT2D eigenvalue weighted by Gasteiger charge is 2.03. The largest absolute Gasteiger partial charge is 0.463 e. The maximum atomic E-state index is 10.6. The van der Waals surface area contributed by atoms with Crippen molar-refractivity contribution in [1.29, 1.82) is 0 Å². The fourth-order valence-electron chi connectivity index (χ4n) is 1.28. The van der Waals surface area contributed by atoms with Crippen LogP contribution >= 0.6 is 0 Å². The number of carbonyl (C=O) groups is 2. The zero-order valence-electron chi connectivity index (χ0n) is 16.6. The van der Waals surface area contributed by atoms with Crippen LogP contribution in [0, 0.1) is 0 Å². The molecule has 1 atom stereocenters. The van der Waals surface area contributed by atoms with Gasteiger partial charge in [0.25, 0.3) is 0 Å². The molecule has 0 spiro atoms. The van der Waals surface area contributed by atoms with Gasteiger partial charge < -0.3 is 14.6 Å². The molecule has 0 saturated carbocycles. The quantitative estimate of drug-likeness (QED) is 0.415. The molecule has 0 saturated heterocycles. The van der Waals surface area contributed by atoms with Crippen molar-refractivity contribution in [1.82, 2.24) is 0 Å². The summed E-state index contributed by atoms with van der Waals surface area (Å²) in [6.07, 6.45) is 4.38.